The minimum absolute atomic E-state index is 0.297. The molecule has 0 saturated carbocycles. The minimum Gasteiger partial charge on any atom is -0.385 e. The van der Waals surface area contributed by atoms with Gasteiger partial charge in [-0.15, -0.1) is 11.3 Å². The Morgan fingerprint density at radius 1 is 1.35 bits per heavy atom. The number of thiazole rings is 1. The van der Waals surface area contributed by atoms with Crippen LogP contribution in [0.15, 0.2) is 29.6 Å². The fourth-order valence-electron chi connectivity index (χ4n) is 1.75. The van der Waals surface area contributed by atoms with E-state index in [-0.39, 0.29) is 5.82 Å². The first-order chi connectivity index (χ1) is 7.97. The normalized spacial score (nSPS) is 14.6. The molecule has 0 spiro atoms. The maximum Gasteiger partial charge on any atom is 0.123 e. The summed E-state index contributed by atoms with van der Waals surface area (Å²) in [6, 6.07) is 5.93. The summed E-state index contributed by atoms with van der Waals surface area (Å²) in [5.74, 6) is -0.297. The second-order valence-corrected chi connectivity index (χ2v) is 5.38. The van der Waals surface area contributed by atoms with E-state index in [2.05, 4.69) is 4.98 Å². The molecule has 2 rings (SSSR count). The highest BCUT2D eigenvalue weighted by Gasteiger charge is 2.24. The van der Waals surface area contributed by atoms with Crippen molar-refractivity contribution in [2.45, 2.75) is 25.9 Å². The van der Waals surface area contributed by atoms with E-state index in [1.54, 1.807) is 30.4 Å². The Morgan fingerprint density at radius 2 is 2.00 bits per heavy atom. The highest BCUT2D eigenvalue weighted by molar-refractivity contribution is 7.09. The molecule has 1 N–H and O–H groups in total. The van der Waals surface area contributed by atoms with Gasteiger partial charge >= 0.3 is 0 Å². The summed E-state index contributed by atoms with van der Waals surface area (Å²) < 4.78 is 12.8. The molecule has 2 aromatic rings. The molecule has 0 fully saturated rings. The third-order valence-corrected chi connectivity index (χ3v) is 3.48. The number of hydrogen-bond acceptors (Lipinski definition) is 3. The van der Waals surface area contributed by atoms with E-state index >= 15 is 0 Å². The Labute approximate surface area is 104 Å². The van der Waals surface area contributed by atoms with Gasteiger partial charge in [0, 0.05) is 11.8 Å². The van der Waals surface area contributed by atoms with Crippen LogP contribution in [-0.4, -0.2) is 10.1 Å². The summed E-state index contributed by atoms with van der Waals surface area (Å²) in [5.41, 5.74) is 0.542. The lowest BCUT2D eigenvalue weighted by Gasteiger charge is -2.22. The molecule has 4 heteroatoms. The van der Waals surface area contributed by atoms with Crippen molar-refractivity contribution in [2.24, 2.45) is 0 Å². The average Bonchev–Trinajstić information content (AvgIpc) is 2.63. The summed E-state index contributed by atoms with van der Waals surface area (Å²) in [4.78, 5) is 4.32. The van der Waals surface area contributed by atoms with Gasteiger partial charge in [0.1, 0.15) is 5.82 Å². The van der Waals surface area contributed by atoms with Crippen LogP contribution in [0.5, 0.6) is 0 Å². The van der Waals surface area contributed by atoms with Crippen molar-refractivity contribution in [1.29, 1.82) is 0 Å². The van der Waals surface area contributed by atoms with Crippen molar-refractivity contribution >= 4 is 11.3 Å². The molecule has 90 valence electrons. The van der Waals surface area contributed by atoms with Crippen molar-refractivity contribution in [2.75, 3.05) is 0 Å². The van der Waals surface area contributed by atoms with Crippen LogP contribution in [0.3, 0.4) is 0 Å². The minimum atomic E-state index is -1.02. The van der Waals surface area contributed by atoms with Crippen molar-refractivity contribution < 1.29 is 9.50 Å². The van der Waals surface area contributed by atoms with Crippen molar-refractivity contribution in [3.63, 3.8) is 0 Å². The van der Waals surface area contributed by atoms with Crippen LogP contribution >= 0.6 is 11.3 Å². The van der Waals surface area contributed by atoms with E-state index in [1.165, 1.54) is 12.1 Å². The zero-order chi connectivity index (χ0) is 12.5. The van der Waals surface area contributed by atoms with Crippen molar-refractivity contribution in [3.05, 3.63) is 51.7 Å². The van der Waals surface area contributed by atoms with Gasteiger partial charge in [0.05, 0.1) is 16.3 Å². The summed E-state index contributed by atoms with van der Waals surface area (Å²) in [5, 5.41) is 13.3. The van der Waals surface area contributed by atoms with Crippen LogP contribution in [0.25, 0.3) is 0 Å². The molecular weight excluding hydrogens is 237 g/mol. The summed E-state index contributed by atoms with van der Waals surface area (Å²) in [6.07, 6.45) is 0.434. The van der Waals surface area contributed by atoms with Crippen LogP contribution < -0.4 is 0 Å². The maximum atomic E-state index is 12.8. The topological polar surface area (TPSA) is 33.1 Å². The van der Waals surface area contributed by atoms with E-state index in [9.17, 15) is 9.50 Å². The Hall–Kier alpha value is -1.26. The molecule has 0 saturated heterocycles. The number of nitrogens with zero attached hydrogens (tertiary/aromatic N) is 1. The number of benzene rings is 1. The van der Waals surface area contributed by atoms with E-state index in [0.717, 1.165) is 10.7 Å². The molecule has 0 aliphatic heterocycles. The summed E-state index contributed by atoms with van der Waals surface area (Å²) in [6.45, 7) is 3.65. The molecule has 2 nitrogen and oxygen atoms in total. The molecule has 1 aromatic heterocycles. The number of rotatable bonds is 3. The zero-order valence-electron chi connectivity index (χ0n) is 9.77. The van der Waals surface area contributed by atoms with Crippen LogP contribution in [0.4, 0.5) is 4.39 Å². The van der Waals surface area contributed by atoms with Crippen LogP contribution in [0.1, 0.15) is 23.2 Å². The van der Waals surface area contributed by atoms with Crippen molar-refractivity contribution in [1.82, 2.24) is 4.98 Å². The average molecular weight is 251 g/mol. The number of aliphatic hydroxyl groups is 1. The first kappa shape index (κ1) is 12.2. The van der Waals surface area contributed by atoms with Crippen LogP contribution in [0, 0.1) is 12.7 Å². The SMILES string of the molecule is Cc1nc(CC(C)(O)c2ccc(F)cc2)cs1. The number of halogens is 1. The molecule has 0 amide bonds. The number of hydrogen-bond donors (Lipinski definition) is 1. The van der Waals surface area contributed by atoms with Gasteiger partial charge in [-0.1, -0.05) is 12.1 Å². The fraction of sp³-hybridized carbons (Fsp3) is 0.308. The second-order valence-electron chi connectivity index (χ2n) is 4.32. The Kier molecular flexibility index (Phi) is 3.26. The number of aryl methyl sites for hydroxylation is 1. The molecule has 0 aliphatic rings. The summed E-state index contributed by atoms with van der Waals surface area (Å²) in [7, 11) is 0. The standard InChI is InChI=1S/C13H14FNOS/c1-9-15-12(8-17-9)7-13(2,16)10-3-5-11(14)6-4-10/h3-6,8,16H,7H2,1-2H3. The molecule has 1 aromatic carbocycles. The van der Waals surface area contributed by atoms with Crippen LogP contribution in [0.2, 0.25) is 0 Å². The van der Waals surface area contributed by atoms with Crippen LogP contribution in [-0.2, 0) is 12.0 Å². The predicted octanol–water partition coefficient (Wildman–Crippen LogP) is 3.04. The third-order valence-electron chi connectivity index (χ3n) is 2.66. The lowest BCUT2D eigenvalue weighted by Crippen LogP contribution is -2.24. The van der Waals surface area contributed by atoms with Gasteiger partial charge in [-0.05, 0) is 31.5 Å². The second kappa shape index (κ2) is 4.55. The molecular formula is C13H14FNOS. The molecule has 0 radical (unpaired) electrons. The van der Waals surface area contributed by atoms with Gasteiger partial charge in [0.15, 0.2) is 0 Å². The van der Waals surface area contributed by atoms with Gasteiger partial charge in [0.2, 0.25) is 0 Å². The molecule has 1 unspecified atom stereocenters. The fourth-order valence-corrected chi connectivity index (χ4v) is 2.37. The first-order valence-electron chi connectivity index (χ1n) is 5.37. The first-order valence-corrected chi connectivity index (χ1v) is 6.25. The largest absolute Gasteiger partial charge is 0.385 e. The molecule has 1 atom stereocenters. The number of aromatic nitrogens is 1. The van der Waals surface area contributed by atoms with E-state index < -0.39 is 5.60 Å². The Bertz CT molecular complexity index is 504. The molecule has 17 heavy (non-hydrogen) atoms. The lowest BCUT2D eigenvalue weighted by atomic mass is 9.91. The van der Waals surface area contributed by atoms with Gasteiger partial charge in [0.25, 0.3) is 0 Å². The Morgan fingerprint density at radius 3 is 2.53 bits per heavy atom. The quantitative estimate of drug-likeness (QED) is 0.909. The van der Waals surface area contributed by atoms with Gasteiger partial charge in [-0.25, -0.2) is 9.37 Å². The van der Waals surface area contributed by atoms with E-state index in [0.29, 0.717) is 12.0 Å². The highest BCUT2D eigenvalue weighted by atomic mass is 32.1. The molecule has 1 heterocycles. The molecule has 0 aliphatic carbocycles. The monoisotopic (exact) mass is 251 g/mol. The van der Waals surface area contributed by atoms with Gasteiger partial charge < -0.3 is 5.11 Å². The summed E-state index contributed by atoms with van der Waals surface area (Å²) >= 11 is 1.56. The predicted molar refractivity (Wildman–Crippen MR) is 66.5 cm³/mol. The zero-order valence-corrected chi connectivity index (χ0v) is 10.6. The lowest BCUT2D eigenvalue weighted by molar-refractivity contribution is 0.0567. The Balaban J connectivity index is 2.21. The van der Waals surface area contributed by atoms with Gasteiger partial charge in [-0.2, -0.15) is 0 Å². The van der Waals surface area contributed by atoms with Crippen molar-refractivity contribution in [3.8, 4) is 0 Å². The third kappa shape index (κ3) is 2.90. The maximum absolute atomic E-state index is 12.8. The highest BCUT2D eigenvalue weighted by Crippen LogP contribution is 2.26. The van der Waals surface area contributed by atoms with Gasteiger partial charge in [-0.3, -0.25) is 0 Å². The smallest absolute Gasteiger partial charge is 0.123 e. The molecule has 0 bridgehead atoms. The van der Waals surface area contributed by atoms with E-state index in [4.69, 9.17) is 0 Å². The van der Waals surface area contributed by atoms with E-state index in [1.807, 2.05) is 12.3 Å².